The van der Waals surface area contributed by atoms with Crippen LogP contribution in [0.4, 0.5) is 0 Å². The molecule has 4 bridgehead atoms. The van der Waals surface area contributed by atoms with E-state index in [0.29, 0.717) is 6.04 Å². The van der Waals surface area contributed by atoms with Crippen molar-refractivity contribution in [1.29, 1.82) is 0 Å². The number of hydrogen-bond donors (Lipinski definition) is 1. The van der Waals surface area contributed by atoms with Gasteiger partial charge < -0.3 is 5.11 Å². The third kappa shape index (κ3) is 2.10. The number of aliphatic carboxylic acids is 1. The zero-order chi connectivity index (χ0) is 13.8. The number of likely N-dealkylation sites (N-methyl/N-ethyl adjacent to an activating group) is 1. The summed E-state index contributed by atoms with van der Waals surface area (Å²) in [6, 6.07) is 0.0232. The van der Waals surface area contributed by atoms with Gasteiger partial charge in [-0.25, -0.2) is 0 Å². The summed E-state index contributed by atoms with van der Waals surface area (Å²) in [5.41, 5.74) is 0.0691. The summed E-state index contributed by atoms with van der Waals surface area (Å²) >= 11 is 0. The molecule has 0 aromatic carbocycles. The fourth-order valence-electron chi connectivity index (χ4n) is 5.68. The first kappa shape index (κ1) is 13.4. The van der Waals surface area contributed by atoms with E-state index >= 15 is 0 Å². The van der Waals surface area contributed by atoms with Crippen LogP contribution in [0, 0.1) is 23.2 Å². The summed E-state index contributed by atoms with van der Waals surface area (Å²) in [4.78, 5) is 14.0. The number of carboxylic acids is 1. The lowest BCUT2D eigenvalue weighted by atomic mass is 9.47. The highest BCUT2D eigenvalue weighted by Gasteiger charge is 2.57. The first-order valence-corrected chi connectivity index (χ1v) is 7.86. The first-order valence-electron chi connectivity index (χ1n) is 7.86. The molecule has 4 aliphatic carbocycles. The first-order chi connectivity index (χ1) is 8.91. The Bertz CT molecular complexity index is 342. The minimum absolute atomic E-state index is 0.0691. The summed E-state index contributed by atoms with van der Waals surface area (Å²) < 4.78 is 0. The molecule has 108 valence electrons. The highest BCUT2D eigenvalue weighted by molar-refractivity contribution is 5.75. The van der Waals surface area contributed by atoms with Gasteiger partial charge >= 0.3 is 5.97 Å². The number of carbonyl (C=O) groups is 1. The van der Waals surface area contributed by atoms with Crippen LogP contribution >= 0.6 is 0 Å². The maximum Gasteiger partial charge on any atom is 0.321 e. The molecule has 0 spiro atoms. The van der Waals surface area contributed by atoms with E-state index in [9.17, 15) is 9.90 Å². The molecule has 0 saturated heterocycles. The number of carboxylic acid groups (broad SMARTS) is 1. The lowest BCUT2D eigenvalue weighted by molar-refractivity contribution is -0.162. The number of nitrogens with zero attached hydrogens (tertiary/aromatic N) is 1. The van der Waals surface area contributed by atoms with Gasteiger partial charge in [0, 0.05) is 6.04 Å². The highest BCUT2D eigenvalue weighted by atomic mass is 16.4. The van der Waals surface area contributed by atoms with Crippen molar-refractivity contribution in [2.45, 2.75) is 64.5 Å². The van der Waals surface area contributed by atoms with Crippen LogP contribution in [-0.4, -0.2) is 35.1 Å². The molecule has 1 atom stereocenters. The molecule has 0 heterocycles. The molecular weight excluding hydrogens is 238 g/mol. The molecule has 3 nitrogen and oxygen atoms in total. The molecule has 1 N–H and O–H groups in total. The van der Waals surface area contributed by atoms with Crippen molar-refractivity contribution in [3.05, 3.63) is 0 Å². The summed E-state index contributed by atoms with van der Waals surface area (Å²) in [7, 11) is 2.00. The second-order valence-electron chi connectivity index (χ2n) is 7.78. The molecule has 0 radical (unpaired) electrons. The van der Waals surface area contributed by atoms with Gasteiger partial charge in [-0.2, -0.15) is 0 Å². The Morgan fingerprint density at radius 1 is 1.11 bits per heavy atom. The third-order valence-corrected chi connectivity index (χ3v) is 6.12. The van der Waals surface area contributed by atoms with Crippen LogP contribution in [0.2, 0.25) is 0 Å². The molecule has 1 unspecified atom stereocenters. The third-order valence-electron chi connectivity index (χ3n) is 6.12. The normalized spacial score (nSPS) is 42.1. The maximum absolute atomic E-state index is 11.9. The fraction of sp³-hybridized carbons (Fsp3) is 0.938. The monoisotopic (exact) mass is 265 g/mol. The van der Waals surface area contributed by atoms with Crippen molar-refractivity contribution in [3.8, 4) is 0 Å². The van der Waals surface area contributed by atoms with Crippen molar-refractivity contribution in [2.75, 3.05) is 7.05 Å². The van der Waals surface area contributed by atoms with E-state index in [1.165, 1.54) is 19.3 Å². The molecule has 0 amide bonds. The molecule has 19 heavy (non-hydrogen) atoms. The van der Waals surface area contributed by atoms with Crippen LogP contribution in [0.15, 0.2) is 0 Å². The van der Waals surface area contributed by atoms with Crippen molar-refractivity contribution < 1.29 is 9.90 Å². The van der Waals surface area contributed by atoms with Crippen LogP contribution in [0.3, 0.4) is 0 Å². The Morgan fingerprint density at radius 3 is 1.84 bits per heavy atom. The van der Waals surface area contributed by atoms with E-state index in [2.05, 4.69) is 18.7 Å². The summed E-state index contributed by atoms with van der Waals surface area (Å²) in [5.74, 6) is 1.84. The van der Waals surface area contributed by atoms with Gasteiger partial charge in [-0.1, -0.05) is 0 Å². The molecule has 0 aromatic rings. The van der Waals surface area contributed by atoms with Crippen molar-refractivity contribution in [2.24, 2.45) is 23.2 Å². The Morgan fingerprint density at radius 2 is 1.53 bits per heavy atom. The molecule has 4 saturated carbocycles. The van der Waals surface area contributed by atoms with Crippen LogP contribution in [0.5, 0.6) is 0 Å². The second-order valence-corrected chi connectivity index (χ2v) is 7.78. The van der Waals surface area contributed by atoms with Crippen LogP contribution in [0.1, 0.15) is 52.4 Å². The van der Waals surface area contributed by atoms with E-state index in [1.54, 1.807) is 0 Å². The van der Waals surface area contributed by atoms with Crippen molar-refractivity contribution in [1.82, 2.24) is 4.90 Å². The maximum atomic E-state index is 11.9. The fourth-order valence-corrected chi connectivity index (χ4v) is 5.68. The van der Waals surface area contributed by atoms with Gasteiger partial charge in [0.25, 0.3) is 0 Å². The predicted octanol–water partition coefficient (Wildman–Crippen LogP) is 3.00. The Labute approximate surface area is 116 Å². The average Bonchev–Trinajstić information content (AvgIpc) is 2.25. The smallest absolute Gasteiger partial charge is 0.321 e. The minimum Gasteiger partial charge on any atom is -0.480 e. The van der Waals surface area contributed by atoms with Crippen LogP contribution < -0.4 is 0 Å². The highest BCUT2D eigenvalue weighted by Crippen LogP contribution is 2.62. The van der Waals surface area contributed by atoms with Gasteiger partial charge in [-0.3, -0.25) is 9.69 Å². The quantitative estimate of drug-likeness (QED) is 0.849. The molecule has 4 fully saturated rings. The lowest BCUT2D eigenvalue weighted by Crippen LogP contribution is -2.60. The molecular formula is C16H27NO2. The molecule has 3 heteroatoms. The van der Waals surface area contributed by atoms with Crippen LogP contribution in [-0.2, 0) is 4.79 Å². The van der Waals surface area contributed by atoms with E-state index in [1.807, 2.05) is 7.05 Å². The van der Waals surface area contributed by atoms with E-state index in [0.717, 1.165) is 37.0 Å². The summed E-state index contributed by atoms with van der Waals surface area (Å²) in [6.07, 6.45) is 7.60. The molecule has 4 aliphatic rings. The van der Waals surface area contributed by atoms with Gasteiger partial charge in [0.15, 0.2) is 0 Å². The molecule has 0 aromatic heterocycles. The number of rotatable bonds is 4. The van der Waals surface area contributed by atoms with E-state index in [4.69, 9.17) is 0 Å². The standard InChI is InChI=1S/C16H27NO2/c1-10(2)17(3)14(15(18)19)16-7-11-4-12(8-16)6-13(5-11)9-16/h10-14H,4-9H2,1-3H3,(H,18,19). The van der Waals surface area contributed by atoms with Gasteiger partial charge in [-0.05, 0) is 82.6 Å². The Balaban J connectivity index is 1.91. The lowest BCUT2D eigenvalue weighted by Gasteiger charge is -2.60. The van der Waals surface area contributed by atoms with Crippen molar-refractivity contribution >= 4 is 5.97 Å². The molecule has 4 rings (SSSR count). The van der Waals surface area contributed by atoms with Gasteiger partial charge in [0.1, 0.15) is 6.04 Å². The van der Waals surface area contributed by atoms with Crippen LogP contribution in [0.25, 0.3) is 0 Å². The summed E-state index contributed by atoms with van der Waals surface area (Å²) in [6.45, 7) is 4.22. The number of hydrogen-bond acceptors (Lipinski definition) is 2. The largest absolute Gasteiger partial charge is 0.480 e. The van der Waals surface area contributed by atoms with Crippen molar-refractivity contribution in [3.63, 3.8) is 0 Å². The SMILES string of the molecule is CC(C)N(C)C(C(=O)O)C12CC3CC(CC(C3)C1)C2. The van der Waals surface area contributed by atoms with Gasteiger partial charge in [-0.15, -0.1) is 0 Å². The zero-order valence-corrected chi connectivity index (χ0v) is 12.4. The Kier molecular flexibility index (Phi) is 3.16. The topological polar surface area (TPSA) is 40.5 Å². The van der Waals surface area contributed by atoms with E-state index in [-0.39, 0.29) is 11.5 Å². The zero-order valence-electron chi connectivity index (χ0n) is 12.4. The van der Waals surface area contributed by atoms with E-state index < -0.39 is 5.97 Å². The summed E-state index contributed by atoms with van der Waals surface area (Å²) in [5, 5.41) is 9.81. The van der Waals surface area contributed by atoms with Gasteiger partial charge in [0.05, 0.1) is 0 Å². The predicted molar refractivity (Wildman–Crippen MR) is 74.9 cm³/mol. The Hall–Kier alpha value is -0.570. The average molecular weight is 265 g/mol. The molecule has 0 aliphatic heterocycles. The minimum atomic E-state index is -0.599. The second kappa shape index (κ2) is 4.47. The van der Waals surface area contributed by atoms with Gasteiger partial charge in [0.2, 0.25) is 0 Å².